The second-order valence-corrected chi connectivity index (χ2v) is 6.39. The minimum atomic E-state index is -0.270. The third-order valence-electron chi connectivity index (χ3n) is 4.41. The second-order valence-electron chi connectivity index (χ2n) is 6.39. The number of hydrogen-bond acceptors (Lipinski definition) is 3. The maximum Gasteiger partial charge on any atom is 0.238 e. The molecular weight excluding hydrogens is 290 g/mol. The molecule has 5 heteroatoms. The van der Waals surface area contributed by atoms with Crippen LogP contribution in [-0.2, 0) is 9.59 Å². The lowest BCUT2D eigenvalue weighted by Gasteiger charge is -2.21. The van der Waals surface area contributed by atoms with Crippen LogP contribution in [0.3, 0.4) is 0 Å². The molecule has 0 atom stereocenters. The molecule has 1 aliphatic carbocycles. The predicted octanol–water partition coefficient (Wildman–Crippen LogP) is 3.19. The van der Waals surface area contributed by atoms with Crippen LogP contribution in [0.25, 0.3) is 0 Å². The van der Waals surface area contributed by atoms with Gasteiger partial charge in [0.25, 0.3) is 0 Å². The first kappa shape index (κ1) is 17.5. The Bertz CT molecular complexity index is 551. The van der Waals surface area contributed by atoms with Crippen LogP contribution in [-0.4, -0.2) is 18.4 Å². The molecular formula is C18H27N3O2. The molecule has 1 saturated carbocycles. The van der Waals surface area contributed by atoms with E-state index in [9.17, 15) is 9.59 Å². The van der Waals surface area contributed by atoms with Crippen molar-refractivity contribution in [1.29, 1.82) is 0 Å². The maximum atomic E-state index is 12.2. The molecule has 1 aliphatic rings. The van der Waals surface area contributed by atoms with E-state index in [0.717, 1.165) is 12.0 Å². The quantitative estimate of drug-likeness (QED) is 0.753. The topological polar surface area (TPSA) is 84.2 Å². The summed E-state index contributed by atoms with van der Waals surface area (Å²) in [5.74, 6) is 0.417. The molecule has 0 aromatic heterocycles. The SMILES string of the molecule is Cc1ccc(NC(=O)CCC2CCCCC2)c(NC(=O)CN)c1. The van der Waals surface area contributed by atoms with Gasteiger partial charge in [-0.05, 0) is 37.0 Å². The standard InChI is InChI=1S/C18H27N3O2/c1-13-7-9-15(16(11-13)21-18(23)12-19)20-17(22)10-8-14-5-3-2-4-6-14/h7,9,11,14H,2-6,8,10,12,19H2,1H3,(H,20,22)(H,21,23). The average Bonchev–Trinajstić information content (AvgIpc) is 2.56. The Kier molecular flexibility index (Phi) is 6.59. The van der Waals surface area contributed by atoms with Gasteiger partial charge >= 0.3 is 0 Å². The highest BCUT2D eigenvalue weighted by atomic mass is 16.2. The molecule has 126 valence electrons. The summed E-state index contributed by atoms with van der Waals surface area (Å²) in [6.07, 6.45) is 7.88. The van der Waals surface area contributed by atoms with Crippen LogP contribution in [0.5, 0.6) is 0 Å². The van der Waals surface area contributed by atoms with E-state index < -0.39 is 0 Å². The summed E-state index contributed by atoms with van der Waals surface area (Å²) in [4.78, 5) is 23.7. The van der Waals surface area contributed by atoms with E-state index in [0.29, 0.717) is 23.7 Å². The Morgan fingerprint density at radius 3 is 2.48 bits per heavy atom. The van der Waals surface area contributed by atoms with E-state index in [4.69, 9.17) is 5.73 Å². The predicted molar refractivity (Wildman–Crippen MR) is 93.3 cm³/mol. The van der Waals surface area contributed by atoms with Crippen LogP contribution in [0.1, 0.15) is 50.5 Å². The fraction of sp³-hybridized carbons (Fsp3) is 0.556. The number of carbonyl (C=O) groups excluding carboxylic acids is 2. The second kappa shape index (κ2) is 8.67. The first-order chi connectivity index (χ1) is 11.1. The molecule has 0 saturated heterocycles. The Morgan fingerprint density at radius 1 is 1.09 bits per heavy atom. The van der Waals surface area contributed by atoms with Crippen molar-refractivity contribution in [3.8, 4) is 0 Å². The fourth-order valence-corrected chi connectivity index (χ4v) is 3.10. The third-order valence-corrected chi connectivity index (χ3v) is 4.41. The number of hydrogen-bond donors (Lipinski definition) is 3. The van der Waals surface area contributed by atoms with Crippen molar-refractivity contribution in [2.24, 2.45) is 11.7 Å². The van der Waals surface area contributed by atoms with Crippen molar-refractivity contribution in [3.05, 3.63) is 23.8 Å². The number of anilines is 2. The largest absolute Gasteiger partial charge is 0.324 e. The molecule has 0 bridgehead atoms. The Hall–Kier alpha value is -1.88. The first-order valence-corrected chi connectivity index (χ1v) is 8.49. The molecule has 0 heterocycles. The van der Waals surface area contributed by atoms with Crippen LogP contribution in [0, 0.1) is 12.8 Å². The first-order valence-electron chi connectivity index (χ1n) is 8.49. The van der Waals surface area contributed by atoms with Gasteiger partial charge in [-0.1, -0.05) is 38.2 Å². The van der Waals surface area contributed by atoms with Crippen LogP contribution < -0.4 is 16.4 Å². The number of nitrogens with one attached hydrogen (secondary N) is 2. The van der Waals surface area contributed by atoms with Gasteiger partial charge < -0.3 is 16.4 Å². The van der Waals surface area contributed by atoms with Crippen molar-refractivity contribution in [1.82, 2.24) is 0 Å². The molecule has 0 radical (unpaired) electrons. The van der Waals surface area contributed by atoms with E-state index >= 15 is 0 Å². The molecule has 2 rings (SSSR count). The van der Waals surface area contributed by atoms with Gasteiger partial charge in [-0.15, -0.1) is 0 Å². The lowest BCUT2D eigenvalue weighted by atomic mass is 9.86. The summed E-state index contributed by atoms with van der Waals surface area (Å²) in [5.41, 5.74) is 7.59. The van der Waals surface area contributed by atoms with E-state index in [1.165, 1.54) is 32.1 Å². The lowest BCUT2D eigenvalue weighted by Crippen LogP contribution is -2.23. The molecule has 23 heavy (non-hydrogen) atoms. The zero-order valence-corrected chi connectivity index (χ0v) is 13.9. The zero-order chi connectivity index (χ0) is 16.7. The summed E-state index contributed by atoms with van der Waals surface area (Å²) in [6.45, 7) is 1.86. The molecule has 1 aromatic rings. The molecule has 0 unspecified atom stereocenters. The number of aryl methyl sites for hydroxylation is 1. The Morgan fingerprint density at radius 2 is 1.78 bits per heavy atom. The number of amides is 2. The monoisotopic (exact) mass is 317 g/mol. The van der Waals surface area contributed by atoms with Gasteiger partial charge in [0, 0.05) is 6.42 Å². The van der Waals surface area contributed by atoms with E-state index in [1.807, 2.05) is 25.1 Å². The van der Waals surface area contributed by atoms with Crippen molar-refractivity contribution in [2.45, 2.75) is 51.9 Å². The highest BCUT2D eigenvalue weighted by Crippen LogP contribution is 2.28. The maximum absolute atomic E-state index is 12.2. The van der Waals surface area contributed by atoms with Crippen molar-refractivity contribution >= 4 is 23.2 Å². The molecule has 1 fully saturated rings. The Labute approximate surface area is 138 Å². The molecule has 4 N–H and O–H groups in total. The number of nitrogens with two attached hydrogens (primary N) is 1. The summed E-state index contributed by atoms with van der Waals surface area (Å²) in [7, 11) is 0. The lowest BCUT2D eigenvalue weighted by molar-refractivity contribution is -0.117. The molecule has 2 amide bonds. The van der Waals surface area contributed by atoms with Gasteiger partial charge in [-0.25, -0.2) is 0 Å². The van der Waals surface area contributed by atoms with Gasteiger partial charge in [0.05, 0.1) is 17.9 Å². The van der Waals surface area contributed by atoms with Gasteiger partial charge in [0.1, 0.15) is 0 Å². The highest BCUT2D eigenvalue weighted by molar-refractivity contribution is 6.00. The van der Waals surface area contributed by atoms with Crippen molar-refractivity contribution < 1.29 is 9.59 Å². The number of carbonyl (C=O) groups is 2. The summed E-state index contributed by atoms with van der Waals surface area (Å²) < 4.78 is 0. The number of benzene rings is 1. The summed E-state index contributed by atoms with van der Waals surface area (Å²) >= 11 is 0. The van der Waals surface area contributed by atoms with Gasteiger partial charge in [-0.3, -0.25) is 9.59 Å². The normalized spacial score (nSPS) is 15.2. The molecule has 0 aliphatic heterocycles. The number of rotatable bonds is 6. The smallest absolute Gasteiger partial charge is 0.238 e. The van der Waals surface area contributed by atoms with E-state index in [2.05, 4.69) is 10.6 Å². The van der Waals surface area contributed by atoms with Crippen LogP contribution in [0.2, 0.25) is 0 Å². The van der Waals surface area contributed by atoms with Gasteiger partial charge in [0.15, 0.2) is 0 Å². The average molecular weight is 317 g/mol. The minimum absolute atomic E-state index is 0.00248. The fourth-order valence-electron chi connectivity index (χ4n) is 3.10. The molecule has 0 spiro atoms. The zero-order valence-electron chi connectivity index (χ0n) is 13.9. The summed E-state index contributed by atoms with van der Waals surface area (Å²) in [5, 5.41) is 5.65. The van der Waals surface area contributed by atoms with E-state index in [-0.39, 0.29) is 18.4 Å². The van der Waals surface area contributed by atoms with Crippen LogP contribution in [0.4, 0.5) is 11.4 Å². The minimum Gasteiger partial charge on any atom is -0.324 e. The van der Waals surface area contributed by atoms with Gasteiger partial charge in [-0.2, -0.15) is 0 Å². The van der Waals surface area contributed by atoms with Crippen LogP contribution in [0.15, 0.2) is 18.2 Å². The molecule has 1 aromatic carbocycles. The summed E-state index contributed by atoms with van der Waals surface area (Å²) in [6, 6.07) is 5.57. The third kappa shape index (κ3) is 5.67. The Balaban J connectivity index is 1.92. The molecule has 5 nitrogen and oxygen atoms in total. The van der Waals surface area contributed by atoms with E-state index in [1.54, 1.807) is 0 Å². The van der Waals surface area contributed by atoms with Gasteiger partial charge in [0.2, 0.25) is 11.8 Å². The van der Waals surface area contributed by atoms with Crippen LogP contribution >= 0.6 is 0 Å². The highest BCUT2D eigenvalue weighted by Gasteiger charge is 2.15. The van der Waals surface area contributed by atoms with Crippen molar-refractivity contribution in [2.75, 3.05) is 17.2 Å². The van der Waals surface area contributed by atoms with Crippen molar-refractivity contribution in [3.63, 3.8) is 0 Å².